The lowest BCUT2D eigenvalue weighted by atomic mass is 10.2. The standard InChI is InChI=1S/C17H13ClIN3O2S/c1-10-2-7-13(8-14(10)18)20-15(23)9-25-17-22-21-16(24-17)11-3-5-12(19)6-4-11/h2-8H,9H2,1H3,(H,20,23). The number of hydrogen-bond acceptors (Lipinski definition) is 5. The van der Waals surface area contributed by atoms with Gasteiger partial charge in [0.15, 0.2) is 0 Å². The number of aryl methyl sites for hydroxylation is 1. The molecular formula is C17H13ClIN3O2S. The zero-order valence-electron chi connectivity index (χ0n) is 13.1. The number of rotatable bonds is 5. The van der Waals surface area contributed by atoms with Gasteiger partial charge in [0, 0.05) is 19.8 Å². The highest BCUT2D eigenvalue weighted by Gasteiger charge is 2.11. The van der Waals surface area contributed by atoms with E-state index in [0.29, 0.717) is 21.8 Å². The van der Waals surface area contributed by atoms with E-state index >= 15 is 0 Å². The van der Waals surface area contributed by atoms with Crippen molar-refractivity contribution < 1.29 is 9.21 Å². The highest BCUT2D eigenvalue weighted by Crippen LogP contribution is 2.24. The van der Waals surface area contributed by atoms with E-state index in [-0.39, 0.29) is 11.7 Å². The minimum atomic E-state index is -0.168. The average molecular weight is 486 g/mol. The fourth-order valence-corrected chi connectivity index (χ4v) is 3.08. The molecule has 0 aliphatic rings. The van der Waals surface area contributed by atoms with Crippen molar-refractivity contribution in [2.75, 3.05) is 11.1 Å². The van der Waals surface area contributed by atoms with Crippen molar-refractivity contribution in [1.82, 2.24) is 10.2 Å². The van der Waals surface area contributed by atoms with E-state index in [2.05, 4.69) is 38.1 Å². The Hall–Kier alpha value is -1.58. The monoisotopic (exact) mass is 485 g/mol. The summed E-state index contributed by atoms with van der Waals surface area (Å²) >= 11 is 9.47. The Morgan fingerprint density at radius 2 is 2.00 bits per heavy atom. The Balaban J connectivity index is 1.57. The van der Waals surface area contributed by atoms with Crippen LogP contribution in [0.5, 0.6) is 0 Å². The van der Waals surface area contributed by atoms with Crippen molar-refractivity contribution in [3.8, 4) is 11.5 Å². The van der Waals surface area contributed by atoms with Gasteiger partial charge < -0.3 is 9.73 Å². The summed E-state index contributed by atoms with van der Waals surface area (Å²) in [5.74, 6) is 0.434. The van der Waals surface area contributed by atoms with E-state index in [0.717, 1.165) is 14.7 Å². The molecule has 3 rings (SSSR count). The van der Waals surface area contributed by atoms with Crippen molar-refractivity contribution in [2.24, 2.45) is 0 Å². The van der Waals surface area contributed by atoms with Gasteiger partial charge in [0.1, 0.15) is 0 Å². The van der Waals surface area contributed by atoms with Crippen LogP contribution < -0.4 is 5.32 Å². The van der Waals surface area contributed by atoms with Crippen molar-refractivity contribution >= 4 is 57.5 Å². The third-order valence-corrected chi connectivity index (χ3v) is 5.22. The number of amides is 1. The summed E-state index contributed by atoms with van der Waals surface area (Å²) in [4.78, 5) is 12.0. The topological polar surface area (TPSA) is 68.0 Å². The van der Waals surface area contributed by atoms with Crippen LogP contribution in [0.3, 0.4) is 0 Å². The van der Waals surface area contributed by atoms with Crippen LogP contribution in [0.1, 0.15) is 5.56 Å². The molecule has 0 spiro atoms. The molecule has 1 N–H and O–H groups in total. The summed E-state index contributed by atoms with van der Waals surface area (Å²) in [6, 6.07) is 13.2. The first-order chi connectivity index (χ1) is 12.0. The highest BCUT2D eigenvalue weighted by molar-refractivity contribution is 14.1. The van der Waals surface area contributed by atoms with Crippen LogP contribution in [0.15, 0.2) is 52.1 Å². The molecule has 0 atom stereocenters. The van der Waals surface area contributed by atoms with E-state index in [1.807, 2.05) is 43.3 Å². The van der Waals surface area contributed by atoms with Crippen molar-refractivity contribution in [2.45, 2.75) is 12.1 Å². The second kappa shape index (κ2) is 8.20. The molecule has 8 heteroatoms. The zero-order chi connectivity index (χ0) is 17.8. The zero-order valence-corrected chi connectivity index (χ0v) is 16.9. The summed E-state index contributed by atoms with van der Waals surface area (Å²) in [5, 5.41) is 11.7. The minimum Gasteiger partial charge on any atom is -0.411 e. The lowest BCUT2D eigenvalue weighted by molar-refractivity contribution is -0.113. The fraction of sp³-hybridized carbons (Fsp3) is 0.118. The predicted octanol–water partition coefficient (Wildman–Crippen LogP) is 5.03. The number of nitrogens with zero attached hydrogens (tertiary/aromatic N) is 2. The molecule has 0 radical (unpaired) electrons. The van der Waals surface area contributed by atoms with Gasteiger partial charge in [0.05, 0.1) is 5.75 Å². The van der Waals surface area contributed by atoms with Crippen molar-refractivity contribution in [3.05, 3.63) is 56.6 Å². The molecule has 0 aliphatic heterocycles. The van der Waals surface area contributed by atoms with E-state index in [9.17, 15) is 4.79 Å². The summed E-state index contributed by atoms with van der Waals surface area (Å²) in [5.41, 5.74) is 2.47. The number of nitrogens with one attached hydrogen (secondary N) is 1. The molecule has 0 fully saturated rings. The number of aromatic nitrogens is 2. The molecule has 25 heavy (non-hydrogen) atoms. The molecule has 2 aromatic carbocycles. The van der Waals surface area contributed by atoms with Crippen molar-refractivity contribution in [1.29, 1.82) is 0 Å². The maximum atomic E-state index is 12.0. The number of thioether (sulfide) groups is 1. The number of hydrogen-bond donors (Lipinski definition) is 1. The molecule has 0 bridgehead atoms. The number of halogens is 2. The molecular weight excluding hydrogens is 473 g/mol. The molecule has 128 valence electrons. The first-order valence-electron chi connectivity index (χ1n) is 7.29. The van der Waals surface area contributed by atoms with E-state index in [1.54, 1.807) is 6.07 Å². The summed E-state index contributed by atoms with van der Waals surface area (Å²) in [6.45, 7) is 1.91. The van der Waals surface area contributed by atoms with Gasteiger partial charge in [-0.1, -0.05) is 29.4 Å². The quantitative estimate of drug-likeness (QED) is 0.405. The molecule has 0 saturated carbocycles. The molecule has 0 aliphatic carbocycles. The van der Waals surface area contributed by atoms with E-state index in [4.69, 9.17) is 16.0 Å². The highest BCUT2D eigenvalue weighted by atomic mass is 127. The number of anilines is 1. The molecule has 5 nitrogen and oxygen atoms in total. The lowest BCUT2D eigenvalue weighted by Crippen LogP contribution is -2.14. The van der Waals surface area contributed by atoms with E-state index in [1.165, 1.54) is 11.8 Å². The molecule has 0 saturated heterocycles. The van der Waals surface area contributed by atoms with Crippen molar-refractivity contribution in [3.63, 3.8) is 0 Å². The summed E-state index contributed by atoms with van der Waals surface area (Å²) in [7, 11) is 0. The number of benzene rings is 2. The first-order valence-corrected chi connectivity index (χ1v) is 9.74. The normalized spacial score (nSPS) is 10.7. The lowest BCUT2D eigenvalue weighted by Gasteiger charge is -2.05. The summed E-state index contributed by atoms with van der Waals surface area (Å²) < 4.78 is 6.71. The van der Waals surface area contributed by atoms with Gasteiger partial charge in [-0.25, -0.2) is 0 Å². The Morgan fingerprint density at radius 1 is 1.24 bits per heavy atom. The van der Waals surface area contributed by atoms with Gasteiger partial charge in [-0.15, -0.1) is 10.2 Å². The number of carbonyl (C=O) groups is 1. The van der Waals surface area contributed by atoms with Crippen LogP contribution >= 0.6 is 46.0 Å². The predicted molar refractivity (Wildman–Crippen MR) is 108 cm³/mol. The van der Waals surface area contributed by atoms with Crippen LogP contribution in [0, 0.1) is 10.5 Å². The first kappa shape index (κ1) is 18.2. The SMILES string of the molecule is Cc1ccc(NC(=O)CSc2nnc(-c3ccc(I)cc3)o2)cc1Cl. The molecule has 1 aromatic heterocycles. The maximum absolute atomic E-state index is 12.0. The van der Waals surface area contributed by atoms with Gasteiger partial charge in [-0.05, 0) is 71.5 Å². The second-order valence-corrected chi connectivity index (χ2v) is 7.76. The van der Waals surface area contributed by atoms with Crippen LogP contribution in [0.25, 0.3) is 11.5 Å². The minimum absolute atomic E-state index is 0.166. The molecule has 0 unspecified atom stereocenters. The van der Waals surface area contributed by atoms with Crippen LogP contribution in [0.2, 0.25) is 5.02 Å². The van der Waals surface area contributed by atoms with Crippen LogP contribution in [-0.4, -0.2) is 21.9 Å². The van der Waals surface area contributed by atoms with Gasteiger partial charge in [-0.2, -0.15) is 0 Å². The second-order valence-electron chi connectivity index (χ2n) is 5.18. The molecule has 3 aromatic rings. The Labute approximate surface area is 167 Å². The van der Waals surface area contributed by atoms with Gasteiger partial charge in [0.25, 0.3) is 5.22 Å². The van der Waals surface area contributed by atoms with E-state index < -0.39 is 0 Å². The Kier molecular flexibility index (Phi) is 5.98. The Morgan fingerprint density at radius 3 is 2.72 bits per heavy atom. The average Bonchev–Trinajstić information content (AvgIpc) is 3.06. The molecule has 1 amide bonds. The van der Waals surface area contributed by atoms with Gasteiger partial charge in [-0.3, -0.25) is 4.79 Å². The summed E-state index contributed by atoms with van der Waals surface area (Å²) in [6.07, 6.45) is 0. The molecule has 1 heterocycles. The van der Waals surface area contributed by atoms with Gasteiger partial charge in [0.2, 0.25) is 11.8 Å². The smallest absolute Gasteiger partial charge is 0.277 e. The largest absolute Gasteiger partial charge is 0.411 e. The Bertz CT molecular complexity index is 899. The fourth-order valence-electron chi connectivity index (χ4n) is 1.97. The third-order valence-electron chi connectivity index (χ3n) is 3.28. The van der Waals surface area contributed by atoms with Crippen LogP contribution in [0.4, 0.5) is 5.69 Å². The number of carbonyl (C=O) groups excluding carboxylic acids is 1. The third kappa shape index (κ3) is 4.96. The van der Waals surface area contributed by atoms with Gasteiger partial charge >= 0.3 is 0 Å². The van der Waals surface area contributed by atoms with Crippen LogP contribution in [-0.2, 0) is 4.79 Å². The maximum Gasteiger partial charge on any atom is 0.277 e.